The van der Waals surface area contributed by atoms with Crippen LogP contribution in [0.25, 0.3) is 0 Å². The van der Waals surface area contributed by atoms with Gasteiger partial charge in [-0.1, -0.05) is 13.8 Å². The summed E-state index contributed by atoms with van der Waals surface area (Å²) < 4.78 is 0. The third-order valence-corrected chi connectivity index (χ3v) is 3.41. The second kappa shape index (κ2) is 6.65. The third kappa shape index (κ3) is 4.31. The summed E-state index contributed by atoms with van der Waals surface area (Å²) in [5.74, 6) is -1.72. The van der Waals surface area contributed by atoms with E-state index >= 15 is 0 Å². The molecule has 6 heteroatoms. The van der Waals surface area contributed by atoms with E-state index in [1.54, 1.807) is 0 Å². The van der Waals surface area contributed by atoms with Crippen molar-refractivity contribution >= 4 is 17.6 Å². The highest BCUT2D eigenvalue weighted by Gasteiger charge is 2.32. The number of amides is 2. The molecule has 19 heavy (non-hydrogen) atoms. The molecule has 1 fully saturated rings. The zero-order valence-electron chi connectivity index (χ0n) is 11.8. The summed E-state index contributed by atoms with van der Waals surface area (Å²) >= 11 is 0. The maximum atomic E-state index is 12.1. The van der Waals surface area contributed by atoms with E-state index in [0.717, 1.165) is 19.4 Å². The lowest BCUT2D eigenvalue weighted by molar-refractivity contribution is -0.139. The largest absolute Gasteiger partial charge is 0.363 e. The highest BCUT2D eigenvalue weighted by Crippen LogP contribution is 2.15. The van der Waals surface area contributed by atoms with E-state index in [9.17, 15) is 14.4 Å². The van der Waals surface area contributed by atoms with E-state index in [4.69, 9.17) is 5.73 Å². The molecule has 0 bridgehead atoms. The van der Waals surface area contributed by atoms with E-state index in [-0.39, 0.29) is 17.9 Å². The van der Waals surface area contributed by atoms with Crippen LogP contribution in [0.5, 0.6) is 0 Å². The summed E-state index contributed by atoms with van der Waals surface area (Å²) in [6.07, 6.45) is 2.17. The predicted octanol–water partition coefficient (Wildman–Crippen LogP) is -0.334. The van der Waals surface area contributed by atoms with E-state index in [0.29, 0.717) is 6.42 Å². The fourth-order valence-corrected chi connectivity index (χ4v) is 2.38. The van der Waals surface area contributed by atoms with Crippen LogP contribution in [0.15, 0.2) is 0 Å². The van der Waals surface area contributed by atoms with E-state index < -0.39 is 17.7 Å². The average Bonchev–Trinajstić information content (AvgIpc) is 2.72. The third-order valence-electron chi connectivity index (χ3n) is 3.41. The number of nitrogens with zero attached hydrogens (tertiary/aromatic N) is 1. The maximum Gasteiger partial charge on any atom is 0.287 e. The monoisotopic (exact) mass is 269 g/mol. The number of likely N-dealkylation sites (tertiary alicyclic amines) is 1. The molecular weight excluding hydrogens is 246 g/mol. The minimum Gasteiger partial charge on any atom is -0.363 e. The van der Waals surface area contributed by atoms with E-state index in [2.05, 4.69) is 5.32 Å². The second-order valence-electron chi connectivity index (χ2n) is 5.56. The van der Waals surface area contributed by atoms with Gasteiger partial charge in [-0.25, -0.2) is 0 Å². The van der Waals surface area contributed by atoms with Gasteiger partial charge in [0.2, 0.25) is 11.7 Å². The van der Waals surface area contributed by atoms with Crippen LogP contribution in [-0.2, 0) is 14.4 Å². The number of hydrogen-bond donors (Lipinski definition) is 2. The van der Waals surface area contributed by atoms with Gasteiger partial charge >= 0.3 is 0 Å². The summed E-state index contributed by atoms with van der Waals surface area (Å²) in [4.78, 5) is 36.8. The molecule has 1 saturated heterocycles. The van der Waals surface area contributed by atoms with Gasteiger partial charge in [-0.3, -0.25) is 19.3 Å². The first-order chi connectivity index (χ1) is 8.82. The SMILES string of the molecule is CC(C)CC(NC(=O)[C@@H]1CCCN1C)C(=O)C(N)=O. The van der Waals surface area contributed by atoms with Crippen molar-refractivity contribution in [2.24, 2.45) is 11.7 Å². The van der Waals surface area contributed by atoms with Gasteiger partial charge in [-0.05, 0) is 38.8 Å². The lowest BCUT2D eigenvalue weighted by Gasteiger charge is -2.23. The first kappa shape index (κ1) is 15.6. The second-order valence-corrected chi connectivity index (χ2v) is 5.56. The van der Waals surface area contributed by atoms with Crippen LogP contribution >= 0.6 is 0 Å². The van der Waals surface area contributed by atoms with Crippen molar-refractivity contribution in [3.05, 3.63) is 0 Å². The molecule has 0 saturated carbocycles. The molecule has 0 aromatic rings. The first-order valence-corrected chi connectivity index (χ1v) is 6.67. The van der Waals surface area contributed by atoms with Gasteiger partial charge in [0.05, 0.1) is 12.1 Å². The Hall–Kier alpha value is -1.43. The summed E-state index contributed by atoms with van der Waals surface area (Å²) in [6, 6.07) is -1.02. The average molecular weight is 269 g/mol. The Morgan fingerprint density at radius 2 is 2.00 bits per heavy atom. The molecule has 1 aliphatic heterocycles. The van der Waals surface area contributed by atoms with Gasteiger partial charge < -0.3 is 11.1 Å². The number of Topliss-reactive ketones (excluding diaryl/α,β-unsaturated/α-hetero) is 1. The maximum absolute atomic E-state index is 12.1. The highest BCUT2D eigenvalue weighted by atomic mass is 16.2. The van der Waals surface area contributed by atoms with E-state index in [1.165, 1.54) is 0 Å². The molecule has 0 aromatic carbocycles. The lowest BCUT2D eigenvalue weighted by atomic mass is 9.99. The van der Waals surface area contributed by atoms with Crippen molar-refractivity contribution in [2.75, 3.05) is 13.6 Å². The highest BCUT2D eigenvalue weighted by molar-refractivity contribution is 6.37. The molecule has 1 aliphatic rings. The number of ketones is 1. The zero-order chi connectivity index (χ0) is 14.6. The Labute approximate surface area is 113 Å². The van der Waals surface area contributed by atoms with Crippen molar-refractivity contribution < 1.29 is 14.4 Å². The molecule has 0 radical (unpaired) electrons. The van der Waals surface area contributed by atoms with Crippen LogP contribution < -0.4 is 11.1 Å². The topological polar surface area (TPSA) is 92.5 Å². The van der Waals surface area contributed by atoms with Crippen molar-refractivity contribution in [3.63, 3.8) is 0 Å². The molecule has 2 atom stereocenters. The minimum absolute atomic E-state index is 0.190. The van der Waals surface area contributed by atoms with Crippen LogP contribution in [0.2, 0.25) is 0 Å². The van der Waals surface area contributed by atoms with Crippen LogP contribution in [0, 0.1) is 5.92 Å². The smallest absolute Gasteiger partial charge is 0.287 e. The molecule has 3 N–H and O–H groups in total. The number of rotatable bonds is 6. The lowest BCUT2D eigenvalue weighted by Crippen LogP contribution is -2.51. The molecule has 0 aliphatic carbocycles. The van der Waals surface area contributed by atoms with Gasteiger partial charge in [0.15, 0.2) is 0 Å². The Kier molecular flexibility index (Phi) is 5.47. The number of hydrogen-bond acceptors (Lipinski definition) is 4. The standard InChI is InChI=1S/C13H23N3O3/c1-8(2)7-9(11(17)12(14)18)15-13(19)10-5-4-6-16(10)3/h8-10H,4-7H2,1-3H3,(H2,14,18)(H,15,19)/t9?,10-/m0/s1. The van der Waals surface area contributed by atoms with Crippen molar-refractivity contribution in [1.82, 2.24) is 10.2 Å². The quantitative estimate of drug-likeness (QED) is 0.646. The molecule has 1 rings (SSSR count). The van der Waals surface area contributed by atoms with Gasteiger partial charge in [-0.2, -0.15) is 0 Å². The molecular formula is C13H23N3O3. The Morgan fingerprint density at radius 3 is 2.42 bits per heavy atom. The molecule has 0 aromatic heterocycles. The van der Waals surface area contributed by atoms with Gasteiger partial charge in [0.1, 0.15) is 0 Å². The number of carbonyl (C=O) groups excluding carboxylic acids is 3. The molecule has 6 nitrogen and oxygen atoms in total. The zero-order valence-corrected chi connectivity index (χ0v) is 11.8. The van der Waals surface area contributed by atoms with Crippen LogP contribution in [0.4, 0.5) is 0 Å². The van der Waals surface area contributed by atoms with Crippen LogP contribution in [0.1, 0.15) is 33.1 Å². The molecule has 1 unspecified atom stereocenters. The summed E-state index contributed by atoms with van der Waals surface area (Å²) in [5, 5.41) is 2.67. The normalized spacial score (nSPS) is 21.4. The van der Waals surface area contributed by atoms with Gasteiger partial charge in [-0.15, -0.1) is 0 Å². The first-order valence-electron chi connectivity index (χ1n) is 6.67. The fourth-order valence-electron chi connectivity index (χ4n) is 2.38. The predicted molar refractivity (Wildman–Crippen MR) is 71.2 cm³/mol. The van der Waals surface area contributed by atoms with Crippen molar-refractivity contribution in [2.45, 2.75) is 45.2 Å². The van der Waals surface area contributed by atoms with Crippen molar-refractivity contribution in [1.29, 1.82) is 0 Å². The summed E-state index contributed by atoms with van der Waals surface area (Å²) in [7, 11) is 1.88. The summed E-state index contributed by atoms with van der Waals surface area (Å²) in [6.45, 7) is 4.72. The van der Waals surface area contributed by atoms with Gasteiger partial charge in [0, 0.05) is 0 Å². The molecule has 2 amide bonds. The van der Waals surface area contributed by atoms with Crippen LogP contribution in [0.3, 0.4) is 0 Å². The molecule has 108 valence electrons. The fraction of sp³-hybridized carbons (Fsp3) is 0.769. The number of carbonyl (C=O) groups is 3. The van der Waals surface area contributed by atoms with Crippen LogP contribution in [-0.4, -0.2) is 48.2 Å². The number of nitrogens with two attached hydrogens (primary N) is 1. The molecule has 1 heterocycles. The minimum atomic E-state index is -0.995. The Bertz CT molecular complexity index is 368. The number of likely N-dealkylation sites (N-methyl/N-ethyl adjacent to an activating group) is 1. The Morgan fingerprint density at radius 1 is 1.37 bits per heavy atom. The Balaban J connectivity index is 2.68. The van der Waals surface area contributed by atoms with E-state index in [1.807, 2.05) is 25.8 Å². The summed E-state index contributed by atoms with van der Waals surface area (Å²) in [5.41, 5.74) is 5.02. The van der Waals surface area contributed by atoms with Crippen molar-refractivity contribution in [3.8, 4) is 0 Å². The van der Waals surface area contributed by atoms with Gasteiger partial charge in [0.25, 0.3) is 5.91 Å². The number of nitrogens with one attached hydrogen (secondary N) is 1. The molecule has 0 spiro atoms. The number of primary amides is 1.